The molecule has 0 aliphatic rings. The molecule has 0 saturated heterocycles. The topological polar surface area (TPSA) is 0 Å². The molecule has 1 rings (SSSR count). The van der Waals surface area contributed by atoms with Gasteiger partial charge in [-0.1, -0.05) is 24.1 Å². The quantitative estimate of drug-likeness (QED) is 0.452. The molecule has 1 aromatic carbocycles. The third kappa shape index (κ3) is 1.12. The minimum Gasteiger partial charge on any atom is -0.115 e. The van der Waals surface area contributed by atoms with Gasteiger partial charge in [-0.15, -0.1) is 6.42 Å². The summed E-state index contributed by atoms with van der Waals surface area (Å²) >= 11 is 0. The summed E-state index contributed by atoms with van der Waals surface area (Å²) in [4.78, 5) is 0. The van der Waals surface area contributed by atoms with Crippen molar-refractivity contribution in [1.82, 2.24) is 0 Å². The van der Waals surface area contributed by atoms with Gasteiger partial charge in [0.15, 0.2) is 0 Å². The first-order valence-electron chi connectivity index (χ1n) is 2.78. The van der Waals surface area contributed by atoms with Crippen LogP contribution in [0.3, 0.4) is 0 Å². The summed E-state index contributed by atoms with van der Waals surface area (Å²) in [6, 6.07) is 8.68. The largest absolute Gasteiger partial charge is 0.115 e. The number of hydrogen-bond acceptors (Lipinski definition) is 0. The zero-order chi connectivity index (χ0) is 6.69. The van der Waals surface area contributed by atoms with E-state index in [9.17, 15) is 0 Å². The Bertz CT molecular complexity index is 240. The third-order valence-electron chi connectivity index (χ3n) is 1.21. The van der Waals surface area contributed by atoms with E-state index in [-0.39, 0.29) is 0 Å². The lowest BCUT2D eigenvalue weighted by molar-refractivity contribution is 1.43. The van der Waals surface area contributed by atoms with E-state index in [4.69, 9.17) is 6.42 Å². The van der Waals surface area contributed by atoms with Gasteiger partial charge in [0.2, 0.25) is 0 Å². The molecule has 1 aromatic rings. The monoisotopic (exact) mass is 115 g/mol. The Kier molecular flexibility index (Phi) is 1.55. The van der Waals surface area contributed by atoms with Gasteiger partial charge < -0.3 is 0 Å². The maximum Gasteiger partial charge on any atom is 0.0350 e. The van der Waals surface area contributed by atoms with Crippen molar-refractivity contribution >= 4 is 0 Å². The molecule has 0 saturated carbocycles. The maximum atomic E-state index is 5.17. The van der Waals surface area contributed by atoms with E-state index in [0.717, 1.165) is 11.1 Å². The number of hydrogen-bond donors (Lipinski definition) is 0. The van der Waals surface area contributed by atoms with Crippen molar-refractivity contribution in [2.24, 2.45) is 0 Å². The molecule has 0 nitrogen and oxygen atoms in total. The van der Waals surface area contributed by atoms with Crippen LogP contribution in [0.15, 0.2) is 18.2 Å². The fourth-order valence-electron chi connectivity index (χ4n) is 0.677. The van der Waals surface area contributed by atoms with Crippen LogP contribution in [0.1, 0.15) is 11.1 Å². The average Bonchev–Trinajstić information content (AvgIpc) is 1.89. The van der Waals surface area contributed by atoms with Crippen molar-refractivity contribution in [1.29, 1.82) is 0 Å². The lowest BCUT2D eigenvalue weighted by Crippen LogP contribution is -1.78. The van der Waals surface area contributed by atoms with E-state index >= 15 is 0 Å². The molecule has 0 bridgehead atoms. The molecule has 0 aromatic heterocycles. The predicted molar refractivity (Wildman–Crippen MR) is 38.0 cm³/mol. The lowest BCUT2D eigenvalue weighted by Gasteiger charge is -1.92. The zero-order valence-electron chi connectivity index (χ0n) is 5.31. The van der Waals surface area contributed by atoms with Crippen LogP contribution >= 0.6 is 0 Å². The molecule has 0 heterocycles. The average molecular weight is 115 g/mol. The molecular weight excluding hydrogens is 108 g/mol. The number of benzene rings is 1. The first-order chi connectivity index (χ1) is 4.34. The summed E-state index contributed by atoms with van der Waals surface area (Å²) < 4.78 is 0. The maximum absolute atomic E-state index is 5.17. The van der Waals surface area contributed by atoms with Gasteiger partial charge in [-0.25, -0.2) is 0 Å². The Morgan fingerprint density at radius 2 is 2.44 bits per heavy atom. The van der Waals surface area contributed by atoms with Crippen LogP contribution in [0.25, 0.3) is 0 Å². The molecule has 9 heavy (non-hydrogen) atoms. The van der Waals surface area contributed by atoms with Gasteiger partial charge in [-0.05, 0) is 18.6 Å². The summed E-state index contributed by atoms with van der Waals surface area (Å²) in [5, 5.41) is 0. The molecule has 43 valence electrons. The summed E-state index contributed by atoms with van der Waals surface area (Å²) in [6.45, 7) is 1.98. The molecule has 0 amide bonds. The zero-order valence-corrected chi connectivity index (χ0v) is 5.31. The van der Waals surface area contributed by atoms with Gasteiger partial charge in [0.25, 0.3) is 0 Å². The second-order valence-corrected chi connectivity index (χ2v) is 1.87. The highest BCUT2D eigenvalue weighted by molar-refractivity contribution is 5.37. The number of rotatable bonds is 0. The van der Waals surface area contributed by atoms with Gasteiger partial charge in [0.05, 0.1) is 0 Å². The van der Waals surface area contributed by atoms with Crippen LogP contribution < -0.4 is 0 Å². The van der Waals surface area contributed by atoms with Crippen LogP contribution in [-0.2, 0) is 0 Å². The summed E-state index contributed by atoms with van der Waals surface area (Å²) in [7, 11) is 0. The van der Waals surface area contributed by atoms with Crippen LogP contribution in [0.2, 0.25) is 0 Å². The highest BCUT2D eigenvalue weighted by Crippen LogP contribution is 2.02. The van der Waals surface area contributed by atoms with E-state index < -0.39 is 0 Å². The van der Waals surface area contributed by atoms with Crippen molar-refractivity contribution in [3.8, 4) is 12.3 Å². The smallest absolute Gasteiger partial charge is 0.0350 e. The van der Waals surface area contributed by atoms with E-state index in [1.165, 1.54) is 0 Å². The second kappa shape index (κ2) is 2.37. The minimum absolute atomic E-state index is 0.859. The fourth-order valence-corrected chi connectivity index (χ4v) is 0.677. The van der Waals surface area contributed by atoms with E-state index in [2.05, 4.69) is 12.0 Å². The van der Waals surface area contributed by atoms with Crippen molar-refractivity contribution in [3.63, 3.8) is 0 Å². The Morgan fingerprint density at radius 1 is 1.67 bits per heavy atom. The summed E-state index contributed by atoms with van der Waals surface area (Å²) in [5.74, 6) is 2.54. The van der Waals surface area contributed by atoms with Crippen molar-refractivity contribution in [2.45, 2.75) is 6.92 Å². The molecule has 0 unspecified atom stereocenters. The van der Waals surface area contributed by atoms with Gasteiger partial charge in [0.1, 0.15) is 0 Å². The van der Waals surface area contributed by atoms with Crippen LogP contribution in [0.4, 0.5) is 0 Å². The molecule has 0 heteroatoms. The Hall–Kier alpha value is -1.22. The number of terminal acetylenes is 1. The first kappa shape index (κ1) is 5.91. The number of aryl methyl sites for hydroxylation is 1. The van der Waals surface area contributed by atoms with Crippen LogP contribution in [0.5, 0.6) is 0 Å². The van der Waals surface area contributed by atoms with E-state index in [1.54, 1.807) is 0 Å². The van der Waals surface area contributed by atoms with E-state index in [1.807, 2.05) is 25.1 Å². The summed E-state index contributed by atoms with van der Waals surface area (Å²) in [5.41, 5.74) is 1.97. The minimum atomic E-state index is 0.859. The molecule has 0 fully saturated rings. The van der Waals surface area contributed by atoms with Crippen molar-refractivity contribution in [3.05, 3.63) is 35.4 Å². The van der Waals surface area contributed by atoms with Gasteiger partial charge >= 0.3 is 0 Å². The van der Waals surface area contributed by atoms with Gasteiger partial charge in [0, 0.05) is 5.56 Å². The molecule has 0 aliphatic carbocycles. The molecule has 0 N–H and O–H groups in total. The summed E-state index contributed by atoms with van der Waals surface area (Å²) in [6.07, 6.45) is 5.17. The van der Waals surface area contributed by atoms with Crippen LogP contribution in [-0.4, -0.2) is 0 Å². The second-order valence-electron chi connectivity index (χ2n) is 1.87. The lowest BCUT2D eigenvalue weighted by atomic mass is 10.1. The van der Waals surface area contributed by atoms with Gasteiger partial charge in [-0.3, -0.25) is 0 Å². The Labute approximate surface area is 55.5 Å². The SMILES string of the molecule is C#Cc1[c]cccc1C. The first-order valence-corrected chi connectivity index (χ1v) is 2.78. The Balaban J connectivity index is 3.20. The molecular formula is C9H7. The molecule has 1 radical (unpaired) electrons. The highest BCUT2D eigenvalue weighted by atomic mass is 13.9. The van der Waals surface area contributed by atoms with Crippen molar-refractivity contribution < 1.29 is 0 Å². The third-order valence-corrected chi connectivity index (χ3v) is 1.21. The standard InChI is InChI=1S/C9H7/c1-3-9-7-5-4-6-8(9)2/h1,4-6H,2H3. The predicted octanol–water partition coefficient (Wildman–Crippen LogP) is 1.78. The van der Waals surface area contributed by atoms with E-state index in [0.29, 0.717) is 0 Å². The Morgan fingerprint density at radius 3 is 2.89 bits per heavy atom. The van der Waals surface area contributed by atoms with Crippen LogP contribution in [0, 0.1) is 25.3 Å². The molecule has 0 spiro atoms. The molecule has 0 atom stereocenters. The fraction of sp³-hybridized carbons (Fsp3) is 0.111. The van der Waals surface area contributed by atoms with Crippen molar-refractivity contribution in [2.75, 3.05) is 0 Å². The highest BCUT2D eigenvalue weighted by Gasteiger charge is 1.88. The molecule has 0 aliphatic heterocycles. The van der Waals surface area contributed by atoms with Gasteiger partial charge in [-0.2, -0.15) is 0 Å². The normalized spacial score (nSPS) is 8.44.